The first-order valence-corrected chi connectivity index (χ1v) is 12.9. The van der Waals surface area contributed by atoms with E-state index in [1.165, 1.54) is 11.1 Å². The Kier molecular flexibility index (Phi) is 6.51. The lowest BCUT2D eigenvalue weighted by Crippen LogP contribution is -2.35. The average Bonchev–Trinajstić information content (AvgIpc) is 2.97. The largest absolute Gasteiger partial charge is 0.277 e. The van der Waals surface area contributed by atoms with E-state index in [0.717, 1.165) is 40.3 Å². The van der Waals surface area contributed by atoms with Crippen molar-refractivity contribution < 1.29 is 4.92 Å². The van der Waals surface area contributed by atoms with Crippen molar-refractivity contribution >= 4 is 27.4 Å². The molecule has 0 spiro atoms. The smallest absolute Gasteiger partial charge is 0.265 e. The summed E-state index contributed by atoms with van der Waals surface area (Å²) in [6.07, 6.45) is 11.4. The molecule has 6 rings (SSSR count). The van der Waals surface area contributed by atoms with Gasteiger partial charge in [-0.15, -0.1) is 0 Å². The van der Waals surface area contributed by atoms with Crippen molar-refractivity contribution in [2.45, 2.75) is 24.7 Å². The molecule has 0 saturated heterocycles. The lowest BCUT2D eigenvalue weighted by molar-refractivity contribution is -0.383. The molecule has 0 bridgehead atoms. The summed E-state index contributed by atoms with van der Waals surface area (Å²) in [5.41, 5.74) is 5.20. The van der Waals surface area contributed by atoms with Crippen LogP contribution in [0.4, 0.5) is 5.69 Å². The number of benzene rings is 3. The van der Waals surface area contributed by atoms with Crippen LogP contribution in [0.15, 0.2) is 122 Å². The number of non-ortho nitro benzene ring substituents is 1. The fourth-order valence-electron chi connectivity index (χ4n) is 5.85. The molecule has 39 heavy (non-hydrogen) atoms. The topological polar surface area (TPSA) is 81.8 Å². The second-order valence-corrected chi connectivity index (χ2v) is 9.95. The Morgan fingerprint density at radius 1 is 0.641 bits per heavy atom. The molecule has 0 amide bonds. The highest BCUT2D eigenvalue weighted by Gasteiger charge is 2.35. The molecule has 0 aliphatic heterocycles. The van der Waals surface area contributed by atoms with Crippen molar-refractivity contribution in [2.75, 3.05) is 0 Å². The number of fused-ring (bicyclic) bond motifs is 2. The molecule has 1 unspecified atom stereocenters. The minimum absolute atomic E-state index is 0.121. The van der Waals surface area contributed by atoms with Crippen LogP contribution in [0.1, 0.15) is 22.3 Å². The van der Waals surface area contributed by atoms with Gasteiger partial charge in [-0.2, -0.15) is 0 Å². The predicted octanol–water partition coefficient (Wildman–Crippen LogP) is 7.05. The van der Waals surface area contributed by atoms with Crippen LogP contribution in [-0.4, -0.2) is 19.9 Å². The number of pyridine rings is 3. The van der Waals surface area contributed by atoms with Crippen molar-refractivity contribution in [2.24, 2.45) is 0 Å². The van der Waals surface area contributed by atoms with Crippen LogP contribution in [0, 0.1) is 10.1 Å². The molecular weight excluding hydrogens is 484 g/mol. The van der Waals surface area contributed by atoms with Gasteiger partial charge in [-0.3, -0.25) is 25.1 Å². The summed E-state index contributed by atoms with van der Waals surface area (Å²) in [4.78, 5) is 24.9. The van der Waals surface area contributed by atoms with Crippen LogP contribution in [0.5, 0.6) is 0 Å². The summed E-state index contributed by atoms with van der Waals surface area (Å²) >= 11 is 0. The van der Waals surface area contributed by atoms with E-state index in [-0.39, 0.29) is 10.6 Å². The lowest BCUT2D eigenvalue weighted by atomic mass is 9.67. The van der Waals surface area contributed by atoms with E-state index in [4.69, 9.17) is 0 Å². The van der Waals surface area contributed by atoms with E-state index in [0.29, 0.717) is 11.8 Å². The minimum Gasteiger partial charge on any atom is -0.265 e. The second kappa shape index (κ2) is 10.4. The van der Waals surface area contributed by atoms with Gasteiger partial charge >= 0.3 is 0 Å². The zero-order valence-corrected chi connectivity index (χ0v) is 21.3. The van der Waals surface area contributed by atoms with Crippen LogP contribution in [0.2, 0.25) is 0 Å². The maximum absolute atomic E-state index is 11.8. The summed E-state index contributed by atoms with van der Waals surface area (Å²) in [6.45, 7) is 0. The molecule has 0 N–H and O–H groups in total. The molecule has 6 nitrogen and oxygen atoms in total. The maximum atomic E-state index is 11.8. The molecule has 0 radical (unpaired) electrons. The van der Waals surface area contributed by atoms with Crippen molar-refractivity contribution in [1.82, 2.24) is 15.0 Å². The van der Waals surface area contributed by atoms with Gasteiger partial charge in [-0.1, -0.05) is 48.5 Å². The molecule has 3 aromatic carbocycles. The fraction of sp³-hybridized carbons (Fsp3) is 0.121. The first-order chi connectivity index (χ1) is 19.1. The second-order valence-electron chi connectivity index (χ2n) is 9.95. The van der Waals surface area contributed by atoms with Crippen LogP contribution in [0.3, 0.4) is 0 Å². The van der Waals surface area contributed by atoms with Crippen LogP contribution in [0.25, 0.3) is 21.7 Å². The number of nitrogens with zero attached hydrogens (tertiary/aromatic N) is 4. The summed E-state index contributed by atoms with van der Waals surface area (Å²) in [7, 11) is 0. The highest BCUT2D eigenvalue weighted by atomic mass is 16.6. The Balaban J connectivity index is 1.62. The highest BCUT2D eigenvalue weighted by Crippen LogP contribution is 2.41. The SMILES string of the molecule is O=[N+]([O-])c1cccc2c(CC(Cc3ccncc3)(Cc3cccnc3)c3ccnc4ccccc34)cccc12. The van der Waals surface area contributed by atoms with Crippen molar-refractivity contribution in [1.29, 1.82) is 0 Å². The standard InChI is InChI=1S/C33H26N4O2/c38-37(39)32-12-4-9-27-26(7-3-10-28(27)32)22-33(20-24-13-17-34-18-14-24,21-25-6-5-16-35-23-25)30-15-19-36-31-11-2-1-8-29(30)31/h1-19,23H,20-22H2. The molecule has 3 aromatic heterocycles. The van der Waals surface area contributed by atoms with Gasteiger partial charge in [0, 0.05) is 47.9 Å². The van der Waals surface area contributed by atoms with Crippen LogP contribution in [-0.2, 0) is 24.7 Å². The third-order valence-electron chi connectivity index (χ3n) is 7.49. The van der Waals surface area contributed by atoms with Gasteiger partial charge in [-0.25, -0.2) is 0 Å². The number of rotatable bonds is 8. The molecule has 0 aliphatic carbocycles. The molecule has 3 heterocycles. The number of para-hydroxylation sites is 1. The first-order valence-electron chi connectivity index (χ1n) is 12.9. The van der Waals surface area contributed by atoms with Gasteiger partial charge in [0.15, 0.2) is 0 Å². The van der Waals surface area contributed by atoms with Gasteiger partial charge in [0.1, 0.15) is 0 Å². The Morgan fingerprint density at radius 3 is 2.23 bits per heavy atom. The lowest BCUT2D eigenvalue weighted by Gasteiger charge is -2.36. The predicted molar refractivity (Wildman–Crippen MR) is 154 cm³/mol. The number of nitro benzene ring substituents is 1. The Bertz CT molecular complexity index is 1720. The van der Waals surface area contributed by atoms with E-state index in [9.17, 15) is 10.1 Å². The minimum atomic E-state index is -0.411. The van der Waals surface area contributed by atoms with Crippen LogP contribution >= 0.6 is 0 Å². The summed E-state index contributed by atoms with van der Waals surface area (Å²) in [5.74, 6) is 0. The van der Waals surface area contributed by atoms with E-state index < -0.39 is 5.41 Å². The summed E-state index contributed by atoms with van der Waals surface area (Å²) in [5, 5.41) is 14.5. The third-order valence-corrected chi connectivity index (χ3v) is 7.49. The Labute approximate surface area is 226 Å². The Morgan fingerprint density at radius 2 is 1.41 bits per heavy atom. The molecule has 0 fully saturated rings. The number of aromatic nitrogens is 3. The van der Waals surface area contributed by atoms with E-state index >= 15 is 0 Å². The molecule has 0 saturated carbocycles. The van der Waals surface area contributed by atoms with Crippen molar-refractivity contribution in [3.05, 3.63) is 154 Å². The first kappa shape index (κ1) is 24.4. The zero-order valence-electron chi connectivity index (χ0n) is 21.3. The average molecular weight is 511 g/mol. The summed E-state index contributed by atoms with van der Waals surface area (Å²) < 4.78 is 0. The molecule has 6 heteroatoms. The van der Waals surface area contributed by atoms with Gasteiger partial charge in [-0.05, 0) is 83.3 Å². The monoisotopic (exact) mass is 510 g/mol. The van der Waals surface area contributed by atoms with E-state index in [1.54, 1.807) is 18.3 Å². The zero-order chi connectivity index (χ0) is 26.7. The summed E-state index contributed by atoms with van der Waals surface area (Å²) in [6, 6.07) is 29.8. The van der Waals surface area contributed by atoms with E-state index in [1.807, 2.05) is 61.2 Å². The van der Waals surface area contributed by atoms with E-state index in [2.05, 4.69) is 57.4 Å². The molecule has 0 aliphatic rings. The maximum Gasteiger partial charge on any atom is 0.277 e. The quantitative estimate of drug-likeness (QED) is 0.162. The molecular formula is C33H26N4O2. The van der Waals surface area contributed by atoms with Crippen molar-refractivity contribution in [3.8, 4) is 0 Å². The van der Waals surface area contributed by atoms with Crippen molar-refractivity contribution in [3.63, 3.8) is 0 Å². The van der Waals surface area contributed by atoms with Gasteiger partial charge in [0.05, 0.1) is 15.8 Å². The number of nitro groups is 1. The Hall–Kier alpha value is -4.97. The fourth-order valence-corrected chi connectivity index (χ4v) is 5.85. The third kappa shape index (κ3) is 4.84. The number of hydrogen-bond donors (Lipinski definition) is 0. The number of hydrogen-bond acceptors (Lipinski definition) is 5. The highest BCUT2D eigenvalue weighted by molar-refractivity contribution is 5.93. The van der Waals surface area contributed by atoms with Gasteiger partial charge in [0.2, 0.25) is 0 Å². The molecule has 6 aromatic rings. The van der Waals surface area contributed by atoms with Gasteiger partial charge in [0.25, 0.3) is 5.69 Å². The molecule has 1 atom stereocenters. The normalized spacial score (nSPS) is 12.8. The molecule has 190 valence electrons. The van der Waals surface area contributed by atoms with Gasteiger partial charge < -0.3 is 0 Å². The van der Waals surface area contributed by atoms with Crippen LogP contribution < -0.4 is 0 Å².